The summed E-state index contributed by atoms with van der Waals surface area (Å²) in [5.41, 5.74) is -1.36. The van der Waals surface area contributed by atoms with E-state index in [1.807, 2.05) is 12.1 Å². The first-order valence-corrected chi connectivity index (χ1v) is 10.7. The molecule has 1 atom stereocenters. The zero-order chi connectivity index (χ0) is 25.3. The average Bonchev–Trinajstić information content (AvgIpc) is 2.79. The van der Waals surface area contributed by atoms with Crippen LogP contribution in [0.25, 0.3) is 21.7 Å². The monoisotopic (exact) mass is 486 g/mol. The lowest BCUT2D eigenvalue weighted by atomic mass is 10.1. The highest BCUT2D eigenvalue weighted by Gasteiger charge is 2.40. The highest BCUT2D eigenvalue weighted by atomic mass is 19.4. The number of fused-ring (bicyclic) bond motifs is 2. The van der Waals surface area contributed by atoms with Crippen molar-refractivity contribution in [1.29, 1.82) is 0 Å². The van der Waals surface area contributed by atoms with Gasteiger partial charge in [-0.3, -0.25) is 4.79 Å². The Morgan fingerprint density at radius 2 is 1.60 bits per heavy atom. The number of halogens is 3. The summed E-state index contributed by atoms with van der Waals surface area (Å²) in [7, 11) is 0. The van der Waals surface area contributed by atoms with Crippen LogP contribution in [0, 0.1) is 0 Å². The lowest BCUT2D eigenvalue weighted by molar-refractivity contribution is -0.155. The Bertz CT molecular complexity index is 1460. The molecule has 9 heteroatoms. The topological polar surface area (TPSA) is 75.0 Å². The van der Waals surface area contributed by atoms with E-state index < -0.39 is 35.2 Å². The molecular weight excluding hydrogens is 465 g/mol. The zero-order valence-electron chi connectivity index (χ0n) is 19.0. The van der Waals surface area contributed by atoms with Crippen molar-refractivity contribution in [2.45, 2.75) is 39.2 Å². The van der Waals surface area contributed by atoms with Gasteiger partial charge in [0, 0.05) is 6.07 Å². The second-order valence-corrected chi connectivity index (χ2v) is 8.10. The van der Waals surface area contributed by atoms with Crippen molar-refractivity contribution in [3.8, 4) is 17.2 Å². The van der Waals surface area contributed by atoms with E-state index in [2.05, 4.69) is 0 Å². The van der Waals surface area contributed by atoms with Crippen LogP contribution in [0.3, 0.4) is 0 Å². The summed E-state index contributed by atoms with van der Waals surface area (Å²) < 4.78 is 62.6. The van der Waals surface area contributed by atoms with E-state index in [1.165, 1.54) is 31.2 Å². The molecule has 182 valence electrons. The average molecular weight is 486 g/mol. The van der Waals surface area contributed by atoms with Crippen molar-refractivity contribution in [2.75, 3.05) is 0 Å². The summed E-state index contributed by atoms with van der Waals surface area (Å²) in [6.45, 7) is 4.78. The number of ether oxygens (including phenoxy) is 3. The van der Waals surface area contributed by atoms with Gasteiger partial charge in [0.25, 0.3) is 5.76 Å². The molecule has 0 fully saturated rings. The van der Waals surface area contributed by atoms with E-state index >= 15 is 0 Å². The third-order valence-electron chi connectivity index (χ3n) is 5.02. The number of rotatable bonds is 6. The molecule has 3 aromatic carbocycles. The van der Waals surface area contributed by atoms with Crippen molar-refractivity contribution >= 4 is 27.7 Å². The van der Waals surface area contributed by atoms with Gasteiger partial charge in [-0.1, -0.05) is 30.3 Å². The summed E-state index contributed by atoms with van der Waals surface area (Å²) in [5, 5.41) is 1.45. The summed E-state index contributed by atoms with van der Waals surface area (Å²) >= 11 is 0. The number of carbonyl (C=O) groups is 1. The number of carbonyl (C=O) groups excluding carboxylic acids is 1. The summed E-state index contributed by atoms with van der Waals surface area (Å²) in [6, 6.07) is 15.6. The quantitative estimate of drug-likeness (QED) is 0.291. The Kier molecular flexibility index (Phi) is 6.43. The van der Waals surface area contributed by atoms with E-state index in [9.17, 15) is 22.8 Å². The minimum Gasteiger partial charge on any atom is -0.479 e. The zero-order valence-corrected chi connectivity index (χ0v) is 19.0. The fraction of sp³-hybridized carbons (Fsp3) is 0.231. The van der Waals surface area contributed by atoms with Gasteiger partial charge in [-0.05, 0) is 55.8 Å². The molecule has 0 unspecified atom stereocenters. The Morgan fingerprint density at radius 1 is 0.914 bits per heavy atom. The van der Waals surface area contributed by atoms with Crippen LogP contribution in [0.5, 0.6) is 17.2 Å². The predicted octanol–water partition coefficient (Wildman–Crippen LogP) is 6.48. The standard InChI is InChI=1S/C26H21F3O6/c1-14(2)32-25(31)15(3)33-19-10-11-20-21(13-19)35-24(26(27,28)29)23(22(20)30)34-18-9-8-16-6-4-5-7-17(16)12-18/h4-15H,1-3H3/t15-/m0/s1. The molecule has 0 bridgehead atoms. The molecule has 0 aliphatic carbocycles. The first-order valence-electron chi connectivity index (χ1n) is 10.7. The number of alkyl halides is 3. The minimum atomic E-state index is -5.01. The lowest BCUT2D eigenvalue weighted by Gasteiger charge is -2.16. The van der Waals surface area contributed by atoms with Gasteiger partial charge in [-0.25, -0.2) is 4.79 Å². The van der Waals surface area contributed by atoms with Crippen LogP contribution >= 0.6 is 0 Å². The second-order valence-electron chi connectivity index (χ2n) is 8.10. The van der Waals surface area contributed by atoms with Crippen molar-refractivity contribution in [2.24, 2.45) is 0 Å². The van der Waals surface area contributed by atoms with Crippen LogP contribution in [0.1, 0.15) is 26.5 Å². The van der Waals surface area contributed by atoms with Gasteiger partial charge < -0.3 is 18.6 Å². The van der Waals surface area contributed by atoms with Gasteiger partial charge in [0.05, 0.1) is 11.5 Å². The molecule has 0 radical (unpaired) electrons. The molecular formula is C26H21F3O6. The van der Waals surface area contributed by atoms with Gasteiger partial charge in [-0.15, -0.1) is 0 Å². The van der Waals surface area contributed by atoms with Crippen molar-refractivity contribution in [1.82, 2.24) is 0 Å². The normalized spacial score (nSPS) is 12.7. The maximum absolute atomic E-state index is 13.8. The van der Waals surface area contributed by atoms with Gasteiger partial charge >= 0.3 is 12.1 Å². The van der Waals surface area contributed by atoms with Crippen LogP contribution < -0.4 is 14.9 Å². The van der Waals surface area contributed by atoms with E-state index in [-0.39, 0.29) is 28.6 Å². The number of hydrogen-bond donors (Lipinski definition) is 0. The number of benzene rings is 3. The van der Waals surface area contributed by atoms with Crippen molar-refractivity contribution < 1.29 is 36.6 Å². The van der Waals surface area contributed by atoms with Gasteiger partial charge in [0.1, 0.15) is 17.1 Å². The Balaban J connectivity index is 1.74. The maximum Gasteiger partial charge on any atom is 0.453 e. The largest absolute Gasteiger partial charge is 0.479 e. The highest BCUT2D eigenvalue weighted by Crippen LogP contribution is 2.39. The molecule has 35 heavy (non-hydrogen) atoms. The van der Waals surface area contributed by atoms with Crippen LogP contribution in [0.15, 0.2) is 69.9 Å². The maximum atomic E-state index is 13.8. The first-order chi connectivity index (χ1) is 16.5. The molecule has 6 nitrogen and oxygen atoms in total. The molecule has 0 aliphatic rings. The molecule has 0 amide bonds. The van der Waals surface area contributed by atoms with E-state index in [4.69, 9.17) is 18.6 Å². The van der Waals surface area contributed by atoms with E-state index in [0.717, 1.165) is 16.8 Å². The van der Waals surface area contributed by atoms with Gasteiger partial charge in [0.15, 0.2) is 6.10 Å². The Morgan fingerprint density at radius 3 is 2.29 bits per heavy atom. The summed E-state index contributed by atoms with van der Waals surface area (Å²) in [5.74, 6) is -3.10. The molecule has 0 spiro atoms. The van der Waals surface area contributed by atoms with Crippen LogP contribution in [-0.4, -0.2) is 18.2 Å². The predicted molar refractivity (Wildman–Crippen MR) is 123 cm³/mol. The van der Waals surface area contributed by atoms with E-state index in [1.54, 1.807) is 32.0 Å². The minimum absolute atomic E-state index is 0.0326. The van der Waals surface area contributed by atoms with E-state index in [0.29, 0.717) is 0 Å². The van der Waals surface area contributed by atoms with Crippen molar-refractivity contribution in [3.05, 3.63) is 76.6 Å². The van der Waals surface area contributed by atoms with Crippen LogP contribution in [0.2, 0.25) is 0 Å². The van der Waals surface area contributed by atoms with Gasteiger partial charge in [0.2, 0.25) is 11.2 Å². The molecule has 1 heterocycles. The summed E-state index contributed by atoms with van der Waals surface area (Å²) in [6.07, 6.45) is -6.40. The molecule has 0 saturated heterocycles. The molecule has 0 aliphatic heterocycles. The van der Waals surface area contributed by atoms with Crippen molar-refractivity contribution in [3.63, 3.8) is 0 Å². The SMILES string of the molecule is CC(C)OC(=O)[C@H](C)Oc1ccc2c(=O)c(Oc3ccc4ccccc4c3)c(C(F)(F)F)oc2c1. The van der Waals surface area contributed by atoms with Gasteiger partial charge in [-0.2, -0.15) is 13.2 Å². The smallest absolute Gasteiger partial charge is 0.453 e. The summed E-state index contributed by atoms with van der Waals surface area (Å²) in [4.78, 5) is 25.0. The third kappa shape index (κ3) is 5.24. The second kappa shape index (κ2) is 9.32. The molecule has 4 rings (SSSR count). The lowest BCUT2D eigenvalue weighted by Crippen LogP contribution is -2.28. The number of hydrogen-bond acceptors (Lipinski definition) is 6. The Hall–Kier alpha value is -4.01. The third-order valence-corrected chi connectivity index (χ3v) is 5.02. The van der Waals surface area contributed by atoms with Crippen LogP contribution in [-0.2, 0) is 15.7 Å². The first kappa shape index (κ1) is 24.1. The van der Waals surface area contributed by atoms with Crippen LogP contribution in [0.4, 0.5) is 13.2 Å². The molecule has 4 aromatic rings. The highest BCUT2D eigenvalue weighted by molar-refractivity contribution is 5.84. The Labute approximate surface area is 197 Å². The molecule has 0 N–H and O–H groups in total. The number of esters is 1. The molecule has 0 saturated carbocycles. The molecule has 1 aromatic heterocycles. The fourth-order valence-corrected chi connectivity index (χ4v) is 3.44. The fourth-order valence-electron chi connectivity index (χ4n) is 3.44.